The summed E-state index contributed by atoms with van der Waals surface area (Å²) in [5, 5.41) is 0. The van der Waals surface area contributed by atoms with Crippen LogP contribution in [-0.4, -0.2) is 5.78 Å². The highest BCUT2D eigenvalue weighted by molar-refractivity contribution is 7.98. The van der Waals surface area contributed by atoms with Crippen LogP contribution in [0.5, 0.6) is 5.75 Å². The molecule has 0 atom stereocenters. The van der Waals surface area contributed by atoms with Crippen LogP contribution in [0.1, 0.15) is 59.2 Å². The highest BCUT2D eigenvalue weighted by Gasteiger charge is 2.24. The van der Waals surface area contributed by atoms with Crippen molar-refractivity contribution in [1.29, 1.82) is 0 Å². The third kappa shape index (κ3) is 8.82. The molecule has 0 aromatic heterocycles. The Morgan fingerprint density at radius 2 is 1.32 bits per heavy atom. The summed E-state index contributed by atoms with van der Waals surface area (Å²) in [6.45, 7) is 0.527. The lowest BCUT2D eigenvalue weighted by molar-refractivity contribution is 0.0886. The van der Waals surface area contributed by atoms with Gasteiger partial charge in [0.25, 0.3) is 0 Å². The van der Waals surface area contributed by atoms with Crippen LogP contribution in [0, 0.1) is 5.92 Å². The zero-order chi connectivity index (χ0) is 26.4. The van der Waals surface area contributed by atoms with E-state index in [1.54, 1.807) is 11.8 Å². The van der Waals surface area contributed by atoms with E-state index >= 15 is 0 Å². The normalized spacial score (nSPS) is 13.3. The van der Waals surface area contributed by atoms with Gasteiger partial charge >= 0.3 is 0 Å². The van der Waals surface area contributed by atoms with E-state index in [0.717, 1.165) is 46.1 Å². The average molecular weight is 541 g/mol. The minimum absolute atomic E-state index is 0.172. The summed E-state index contributed by atoms with van der Waals surface area (Å²) in [6.07, 6.45) is 5.63. The van der Waals surface area contributed by atoms with Crippen LogP contribution in [0.25, 0.3) is 0 Å². The van der Waals surface area contributed by atoms with Crippen molar-refractivity contribution < 1.29 is 9.53 Å². The van der Waals surface area contributed by atoms with E-state index in [0.29, 0.717) is 12.4 Å². The molecule has 4 aromatic rings. The van der Waals surface area contributed by atoms with Gasteiger partial charge in [0.1, 0.15) is 12.4 Å². The van der Waals surface area contributed by atoms with E-state index in [1.165, 1.54) is 30.4 Å². The van der Waals surface area contributed by atoms with Gasteiger partial charge in [-0.2, -0.15) is 12.6 Å². The minimum atomic E-state index is 0.172. The van der Waals surface area contributed by atoms with Crippen molar-refractivity contribution in [2.45, 2.75) is 55.1 Å². The quantitative estimate of drug-likeness (QED) is 0.130. The molecular formula is C34H36O2S2. The molecule has 38 heavy (non-hydrogen) atoms. The molecule has 1 aliphatic rings. The molecule has 0 spiro atoms. The van der Waals surface area contributed by atoms with Crippen molar-refractivity contribution in [3.05, 3.63) is 131 Å². The largest absolute Gasteiger partial charge is 0.489 e. The third-order valence-corrected chi connectivity index (χ3v) is 8.20. The van der Waals surface area contributed by atoms with Gasteiger partial charge in [-0.05, 0) is 47.7 Å². The summed E-state index contributed by atoms with van der Waals surface area (Å²) < 4.78 is 6.04. The number of thiol groups is 1. The van der Waals surface area contributed by atoms with Crippen molar-refractivity contribution in [3.8, 4) is 5.75 Å². The summed E-state index contributed by atoms with van der Waals surface area (Å²) in [5.41, 5.74) is 4.53. The zero-order valence-corrected chi connectivity index (χ0v) is 23.5. The molecule has 0 radical (unpaired) electrons. The molecule has 0 heterocycles. The number of benzene rings is 4. The Balaban J connectivity index is 0.000000360. The SMILES string of the molecule is O=C(c1ccc(OCc2ccccc2)cc1SCc1ccccc1)C1CCCCC1.SCc1ccccc1. The summed E-state index contributed by atoms with van der Waals surface area (Å²) in [6, 6.07) is 36.7. The number of rotatable bonds is 9. The van der Waals surface area contributed by atoms with Gasteiger partial charge in [0.15, 0.2) is 5.78 Å². The maximum Gasteiger partial charge on any atom is 0.167 e. The van der Waals surface area contributed by atoms with Gasteiger partial charge in [0.05, 0.1) is 0 Å². The number of Topliss-reactive ketones (excluding diaryl/α,β-unsaturated/α-hetero) is 1. The average Bonchev–Trinajstić information content (AvgIpc) is 3.01. The number of carbonyl (C=O) groups is 1. The lowest BCUT2D eigenvalue weighted by Crippen LogP contribution is -2.18. The highest BCUT2D eigenvalue weighted by atomic mass is 32.2. The second kappa shape index (κ2) is 15.5. The molecule has 0 bridgehead atoms. The van der Waals surface area contributed by atoms with Crippen LogP contribution in [0.3, 0.4) is 0 Å². The number of thioether (sulfide) groups is 1. The topological polar surface area (TPSA) is 26.3 Å². The van der Waals surface area contributed by atoms with E-state index < -0.39 is 0 Å². The Morgan fingerprint density at radius 3 is 1.89 bits per heavy atom. The first kappa shape index (κ1) is 28.1. The van der Waals surface area contributed by atoms with Crippen molar-refractivity contribution in [2.75, 3.05) is 0 Å². The maximum atomic E-state index is 13.3. The fraction of sp³-hybridized carbons (Fsp3) is 0.265. The number of hydrogen-bond donors (Lipinski definition) is 1. The molecule has 1 aliphatic carbocycles. The van der Waals surface area contributed by atoms with Gasteiger partial charge in [0.2, 0.25) is 0 Å². The van der Waals surface area contributed by atoms with Crippen molar-refractivity contribution in [3.63, 3.8) is 0 Å². The first-order valence-electron chi connectivity index (χ1n) is 13.4. The van der Waals surface area contributed by atoms with Crippen LogP contribution >= 0.6 is 24.4 Å². The van der Waals surface area contributed by atoms with E-state index in [1.807, 2.05) is 60.7 Å². The molecule has 0 saturated heterocycles. The number of ketones is 1. The molecule has 0 N–H and O–H groups in total. The van der Waals surface area contributed by atoms with E-state index in [-0.39, 0.29) is 5.92 Å². The monoisotopic (exact) mass is 540 g/mol. The smallest absolute Gasteiger partial charge is 0.167 e. The molecule has 2 nitrogen and oxygen atoms in total. The van der Waals surface area contributed by atoms with Crippen molar-refractivity contribution >= 4 is 30.2 Å². The third-order valence-electron chi connectivity index (χ3n) is 6.71. The van der Waals surface area contributed by atoms with Crippen LogP contribution in [-0.2, 0) is 18.1 Å². The van der Waals surface area contributed by atoms with Crippen molar-refractivity contribution in [2.24, 2.45) is 5.92 Å². The summed E-state index contributed by atoms with van der Waals surface area (Å²) >= 11 is 5.84. The second-order valence-electron chi connectivity index (χ2n) is 9.55. The van der Waals surface area contributed by atoms with Crippen LogP contribution in [0.2, 0.25) is 0 Å². The molecule has 0 aliphatic heterocycles. The summed E-state index contributed by atoms with van der Waals surface area (Å²) in [5.74, 6) is 2.97. The predicted octanol–water partition coefficient (Wildman–Crippen LogP) is 9.44. The highest BCUT2D eigenvalue weighted by Crippen LogP contribution is 2.34. The van der Waals surface area contributed by atoms with E-state index in [9.17, 15) is 4.79 Å². The fourth-order valence-electron chi connectivity index (χ4n) is 4.56. The Bertz CT molecular complexity index is 1240. The Kier molecular flexibility index (Phi) is 11.4. The molecule has 0 amide bonds. The van der Waals surface area contributed by atoms with Gasteiger partial charge in [0, 0.05) is 27.9 Å². The molecule has 4 heteroatoms. The van der Waals surface area contributed by atoms with E-state index in [4.69, 9.17) is 4.74 Å². The Hall–Kier alpha value is -2.95. The summed E-state index contributed by atoms with van der Waals surface area (Å²) in [4.78, 5) is 14.3. The zero-order valence-electron chi connectivity index (χ0n) is 21.8. The number of carbonyl (C=O) groups excluding carboxylic acids is 1. The lowest BCUT2D eigenvalue weighted by atomic mass is 9.84. The van der Waals surface area contributed by atoms with Gasteiger partial charge in [-0.25, -0.2) is 0 Å². The molecule has 4 aromatic carbocycles. The Labute approximate surface area is 237 Å². The Morgan fingerprint density at radius 1 is 0.737 bits per heavy atom. The van der Waals surface area contributed by atoms with Gasteiger partial charge in [-0.1, -0.05) is 110 Å². The standard InChI is InChI=1S/C27H28O2S.C7H8S/c28-27(23-14-8-3-9-15-23)25-17-16-24(29-19-21-10-4-1-5-11-21)18-26(25)30-20-22-12-6-2-7-13-22;8-6-7-4-2-1-3-5-7/h1-2,4-7,10-13,16-18,23H,3,8-9,14-15,19-20H2;1-5,8H,6H2. The number of hydrogen-bond acceptors (Lipinski definition) is 4. The predicted molar refractivity (Wildman–Crippen MR) is 163 cm³/mol. The van der Waals surface area contributed by atoms with Gasteiger partial charge < -0.3 is 4.74 Å². The first-order valence-corrected chi connectivity index (χ1v) is 15.0. The minimum Gasteiger partial charge on any atom is -0.489 e. The molecular weight excluding hydrogens is 505 g/mol. The van der Waals surface area contributed by atoms with Crippen LogP contribution in [0.15, 0.2) is 114 Å². The molecule has 196 valence electrons. The molecule has 0 unspecified atom stereocenters. The summed E-state index contributed by atoms with van der Waals surface area (Å²) in [7, 11) is 0. The lowest BCUT2D eigenvalue weighted by Gasteiger charge is -2.22. The van der Waals surface area contributed by atoms with Crippen LogP contribution < -0.4 is 4.74 Å². The number of ether oxygens (including phenoxy) is 1. The second-order valence-corrected chi connectivity index (χ2v) is 10.9. The van der Waals surface area contributed by atoms with Gasteiger partial charge in [-0.15, -0.1) is 11.8 Å². The molecule has 5 rings (SSSR count). The maximum absolute atomic E-state index is 13.3. The fourth-order valence-corrected chi connectivity index (χ4v) is 5.81. The first-order chi connectivity index (χ1) is 18.7. The molecule has 1 fully saturated rings. The van der Waals surface area contributed by atoms with Crippen LogP contribution in [0.4, 0.5) is 0 Å². The van der Waals surface area contributed by atoms with E-state index in [2.05, 4.69) is 61.2 Å². The molecule has 1 saturated carbocycles. The van der Waals surface area contributed by atoms with Gasteiger partial charge in [-0.3, -0.25) is 4.79 Å². The van der Waals surface area contributed by atoms with Crippen molar-refractivity contribution in [1.82, 2.24) is 0 Å².